The lowest BCUT2D eigenvalue weighted by molar-refractivity contribution is -0.132. The van der Waals surface area contributed by atoms with E-state index in [9.17, 15) is 9.90 Å². The summed E-state index contributed by atoms with van der Waals surface area (Å²) in [5, 5.41) is 9.54. The molecule has 1 N–H and O–H groups in total. The van der Waals surface area contributed by atoms with E-state index in [4.69, 9.17) is 9.47 Å². The van der Waals surface area contributed by atoms with Crippen LogP contribution < -0.4 is 9.47 Å². The summed E-state index contributed by atoms with van der Waals surface area (Å²) in [5.41, 5.74) is 0.750. The Morgan fingerprint density at radius 3 is 2.65 bits per heavy atom. The first-order valence-corrected chi connectivity index (χ1v) is 6.88. The van der Waals surface area contributed by atoms with Crippen LogP contribution in [0.15, 0.2) is 18.2 Å². The molecule has 0 saturated carbocycles. The Morgan fingerprint density at radius 1 is 1.35 bits per heavy atom. The van der Waals surface area contributed by atoms with Crippen LogP contribution in [0.3, 0.4) is 0 Å². The largest absolute Gasteiger partial charge is 0.493 e. The summed E-state index contributed by atoms with van der Waals surface area (Å²) in [7, 11) is 1.54. The maximum Gasteiger partial charge on any atom is 0.260 e. The van der Waals surface area contributed by atoms with Gasteiger partial charge in [0.25, 0.3) is 5.91 Å². The second kappa shape index (κ2) is 6.61. The highest BCUT2D eigenvalue weighted by Gasteiger charge is 2.19. The third-order valence-electron chi connectivity index (χ3n) is 3.48. The summed E-state index contributed by atoms with van der Waals surface area (Å²) in [4.78, 5) is 13.7. The van der Waals surface area contributed by atoms with Crippen molar-refractivity contribution in [2.75, 3.05) is 26.8 Å². The van der Waals surface area contributed by atoms with Crippen molar-refractivity contribution in [1.82, 2.24) is 4.90 Å². The maximum absolute atomic E-state index is 11.9. The molecule has 2 rings (SSSR count). The van der Waals surface area contributed by atoms with Crippen LogP contribution in [0.2, 0.25) is 0 Å². The summed E-state index contributed by atoms with van der Waals surface area (Å²) in [5.74, 6) is 1.05. The van der Waals surface area contributed by atoms with Gasteiger partial charge in [-0.2, -0.15) is 0 Å². The summed E-state index contributed by atoms with van der Waals surface area (Å²) in [6.45, 7) is 3.34. The molecule has 1 heterocycles. The number of methoxy groups -OCH3 is 1. The number of aliphatic hydroxyl groups is 1. The lowest BCUT2D eigenvalue weighted by Crippen LogP contribution is -2.32. The van der Waals surface area contributed by atoms with Crippen LogP contribution in [0.4, 0.5) is 0 Å². The minimum atomic E-state index is -0.566. The van der Waals surface area contributed by atoms with Crippen molar-refractivity contribution in [2.45, 2.75) is 25.9 Å². The summed E-state index contributed by atoms with van der Waals surface area (Å²) in [6.07, 6.45) is 1.57. The van der Waals surface area contributed by atoms with E-state index < -0.39 is 6.10 Å². The summed E-state index contributed by atoms with van der Waals surface area (Å²) < 4.78 is 10.8. The fourth-order valence-electron chi connectivity index (χ4n) is 2.26. The number of aliphatic hydroxyl groups excluding tert-OH is 1. The van der Waals surface area contributed by atoms with Crippen LogP contribution in [0, 0.1) is 0 Å². The summed E-state index contributed by atoms with van der Waals surface area (Å²) >= 11 is 0. The van der Waals surface area contributed by atoms with Crippen molar-refractivity contribution in [3.63, 3.8) is 0 Å². The van der Waals surface area contributed by atoms with Crippen LogP contribution in [-0.4, -0.2) is 42.7 Å². The van der Waals surface area contributed by atoms with Gasteiger partial charge < -0.3 is 19.5 Å². The molecule has 0 unspecified atom stereocenters. The molecule has 1 atom stereocenters. The first-order valence-electron chi connectivity index (χ1n) is 6.88. The first-order chi connectivity index (χ1) is 9.61. The van der Waals surface area contributed by atoms with Crippen LogP contribution in [-0.2, 0) is 4.79 Å². The molecule has 1 aromatic rings. The van der Waals surface area contributed by atoms with Crippen LogP contribution in [0.5, 0.6) is 11.5 Å². The molecule has 20 heavy (non-hydrogen) atoms. The zero-order chi connectivity index (χ0) is 14.5. The van der Waals surface area contributed by atoms with Crippen LogP contribution in [0.25, 0.3) is 0 Å². The minimum Gasteiger partial charge on any atom is -0.493 e. The van der Waals surface area contributed by atoms with Gasteiger partial charge >= 0.3 is 0 Å². The maximum atomic E-state index is 11.9. The zero-order valence-electron chi connectivity index (χ0n) is 12.0. The molecule has 1 aliphatic rings. The van der Waals surface area contributed by atoms with E-state index >= 15 is 0 Å². The second-order valence-corrected chi connectivity index (χ2v) is 4.96. The van der Waals surface area contributed by atoms with Gasteiger partial charge in [-0.3, -0.25) is 4.79 Å². The smallest absolute Gasteiger partial charge is 0.260 e. The standard InChI is InChI=1S/C15H21NO4/c1-11(17)12-5-6-13(14(9-12)19-2)20-10-15(18)16-7-3-4-8-16/h5-6,9,11,17H,3-4,7-8,10H2,1-2H3/t11-/m0/s1. The Morgan fingerprint density at radius 2 is 2.05 bits per heavy atom. The molecule has 0 radical (unpaired) electrons. The van der Waals surface area contributed by atoms with Gasteiger partial charge in [0.15, 0.2) is 18.1 Å². The van der Waals surface area contributed by atoms with E-state index in [0.29, 0.717) is 11.5 Å². The highest BCUT2D eigenvalue weighted by atomic mass is 16.5. The van der Waals surface area contributed by atoms with Crippen molar-refractivity contribution in [3.05, 3.63) is 23.8 Å². The molecular weight excluding hydrogens is 258 g/mol. The Balaban J connectivity index is 1.99. The predicted octanol–water partition coefficient (Wildman–Crippen LogP) is 1.75. The Labute approximate surface area is 119 Å². The quantitative estimate of drug-likeness (QED) is 0.892. The van der Waals surface area contributed by atoms with Crippen molar-refractivity contribution in [3.8, 4) is 11.5 Å². The number of nitrogens with zero attached hydrogens (tertiary/aromatic N) is 1. The van der Waals surface area contributed by atoms with E-state index in [1.807, 2.05) is 4.90 Å². The molecule has 1 saturated heterocycles. The monoisotopic (exact) mass is 279 g/mol. The molecule has 0 aromatic heterocycles. The third-order valence-corrected chi connectivity index (χ3v) is 3.48. The van der Waals surface area contributed by atoms with Gasteiger partial charge in [0.1, 0.15) is 0 Å². The molecule has 5 heteroatoms. The molecule has 0 spiro atoms. The lowest BCUT2D eigenvalue weighted by atomic mass is 10.1. The molecule has 1 amide bonds. The number of carbonyl (C=O) groups excluding carboxylic acids is 1. The van der Waals surface area contributed by atoms with Gasteiger partial charge in [0.2, 0.25) is 0 Å². The average molecular weight is 279 g/mol. The van der Waals surface area contributed by atoms with Gasteiger partial charge in [-0.05, 0) is 37.5 Å². The number of hydrogen-bond acceptors (Lipinski definition) is 4. The topological polar surface area (TPSA) is 59.0 Å². The Bertz CT molecular complexity index is 467. The number of carbonyl (C=O) groups is 1. The van der Waals surface area contributed by atoms with Crippen LogP contribution >= 0.6 is 0 Å². The highest BCUT2D eigenvalue weighted by Crippen LogP contribution is 2.30. The molecule has 1 fully saturated rings. The number of ether oxygens (including phenoxy) is 2. The number of likely N-dealkylation sites (tertiary alicyclic amines) is 1. The second-order valence-electron chi connectivity index (χ2n) is 4.96. The normalized spacial score (nSPS) is 16.1. The van der Waals surface area contributed by atoms with E-state index in [1.165, 1.54) is 7.11 Å². The molecule has 110 valence electrons. The number of amides is 1. The lowest BCUT2D eigenvalue weighted by Gasteiger charge is -2.17. The van der Waals surface area contributed by atoms with Crippen molar-refractivity contribution in [1.29, 1.82) is 0 Å². The van der Waals surface area contributed by atoms with E-state index in [1.54, 1.807) is 25.1 Å². The molecule has 1 aromatic carbocycles. The van der Waals surface area contributed by atoms with Crippen molar-refractivity contribution < 1.29 is 19.4 Å². The molecular formula is C15H21NO4. The zero-order valence-corrected chi connectivity index (χ0v) is 12.0. The molecule has 5 nitrogen and oxygen atoms in total. The Hall–Kier alpha value is -1.75. The van der Waals surface area contributed by atoms with Gasteiger partial charge in [0, 0.05) is 13.1 Å². The fraction of sp³-hybridized carbons (Fsp3) is 0.533. The minimum absolute atomic E-state index is 0.00385. The first kappa shape index (κ1) is 14.7. The fourth-order valence-corrected chi connectivity index (χ4v) is 2.26. The molecule has 0 aliphatic carbocycles. The molecule has 1 aliphatic heterocycles. The Kier molecular flexibility index (Phi) is 4.84. The highest BCUT2D eigenvalue weighted by molar-refractivity contribution is 5.78. The third kappa shape index (κ3) is 3.42. The van der Waals surface area contributed by atoms with Crippen molar-refractivity contribution >= 4 is 5.91 Å². The predicted molar refractivity (Wildman–Crippen MR) is 74.9 cm³/mol. The van der Waals surface area contributed by atoms with Crippen molar-refractivity contribution in [2.24, 2.45) is 0 Å². The van der Waals surface area contributed by atoms with Gasteiger partial charge in [0.05, 0.1) is 13.2 Å². The number of benzene rings is 1. The van der Waals surface area contributed by atoms with E-state index in [2.05, 4.69) is 0 Å². The number of rotatable bonds is 5. The van der Waals surface area contributed by atoms with Crippen LogP contribution in [0.1, 0.15) is 31.4 Å². The van der Waals surface area contributed by atoms with Gasteiger partial charge in [-0.15, -0.1) is 0 Å². The average Bonchev–Trinajstić information content (AvgIpc) is 2.98. The van der Waals surface area contributed by atoms with Gasteiger partial charge in [-0.1, -0.05) is 6.07 Å². The van der Waals surface area contributed by atoms with Gasteiger partial charge in [-0.25, -0.2) is 0 Å². The van der Waals surface area contributed by atoms with E-state index in [0.717, 1.165) is 31.5 Å². The molecule has 0 bridgehead atoms. The van der Waals surface area contributed by atoms with E-state index in [-0.39, 0.29) is 12.5 Å². The SMILES string of the molecule is COc1cc([C@H](C)O)ccc1OCC(=O)N1CCCC1. The number of hydrogen-bond donors (Lipinski definition) is 1. The summed E-state index contributed by atoms with van der Waals surface area (Å²) in [6, 6.07) is 5.21.